The first-order chi connectivity index (χ1) is 11.2. The van der Waals surface area contributed by atoms with Gasteiger partial charge in [-0.2, -0.15) is 0 Å². The summed E-state index contributed by atoms with van der Waals surface area (Å²) in [6.45, 7) is 6.22. The maximum atomic E-state index is 12.3. The van der Waals surface area contributed by atoms with Crippen molar-refractivity contribution < 1.29 is 9.59 Å². The van der Waals surface area contributed by atoms with Gasteiger partial charge >= 0.3 is 0 Å². The van der Waals surface area contributed by atoms with Crippen LogP contribution in [0.25, 0.3) is 11.1 Å². The SMILES string of the molecule is Cc1cc2c(cc1-c1cc(C=O)ccc1Cl)N(C)C(=O)CC2(C)C. The summed E-state index contributed by atoms with van der Waals surface area (Å²) >= 11 is 6.37. The number of hydrogen-bond acceptors (Lipinski definition) is 2. The van der Waals surface area contributed by atoms with Crippen molar-refractivity contribution in [1.82, 2.24) is 0 Å². The predicted octanol–water partition coefficient (Wildman–Crippen LogP) is 4.77. The Morgan fingerprint density at radius 3 is 2.54 bits per heavy atom. The standard InChI is InChI=1S/C20H20ClNO2/c1-12-7-16-18(22(4)19(24)10-20(16,2)3)9-14(12)15-8-13(11-23)5-6-17(15)21/h5-9,11H,10H2,1-4H3. The Morgan fingerprint density at radius 2 is 1.88 bits per heavy atom. The van der Waals surface area contributed by atoms with Gasteiger partial charge < -0.3 is 4.90 Å². The molecule has 2 aromatic rings. The van der Waals surface area contributed by atoms with Gasteiger partial charge in [0.1, 0.15) is 6.29 Å². The second-order valence-corrected chi connectivity index (χ2v) is 7.46. The first kappa shape index (κ1) is 16.7. The van der Waals surface area contributed by atoms with Gasteiger partial charge in [-0.3, -0.25) is 9.59 Å². The van der Waals surface area contributed by atoms with E-state index in [4.69, 9.17) is 11.6 Å². The number of halogens is 1. The summed E-state index contributed by atoms with van der Waals surface area (Å²) in [4.78, 5) is 25.1. The number of hydrogen-bond donors (Lipinski definition) is 0. The Balaban J connectivity index is 2.26. The fourth-order valence-corrected chi connectivity index (χ4v) is 3.57. The van der Waals surface area contributed by atoms with Crippen molar-refractivity contribution in [2.45, 2.75) is 32.6 Å². The Bertz CT molecular complexity index is 855. The molecule has 1 heterocycles. The number of anilines is 1. The van der Waals surface area contributed by atoms with Crippen LogP contribution < -0.4 is 4.90 Å². The van der Waals surface area contributed by atoms with Gasteiger partial charge in [-0.15, -0.1) is 0 Å². The summed E-state index contributed by atoms with van der Waals surface area (Å²) in [6, 6.07) is 9.38. The van der Waals surface area contributed by atoms with E-state index in [1.807, 2.05) is 13.0 Å². The van der Waals surface area contributed by atoms with Crippen LogP contribution in [0.5, 0.6) is 0 Å². The number of aryl methyl sites for hydroxylation is 1. The van der Waals surface area contributed by atoms with Crippen molar-refractivity contribution in [1.29, 1.82) is 0 Å². The molecule has 124 valence electrons. The van der Waals surface area contributed by atoms with E-state index in [1.54, 1.807) is 30.1 Å². The van der Waals surface area contributed by atoms with Crippen LogP contribution >= 0.6 is 11.6 Å². The fraction of sp³-hybridized carbons (Fsp3) is 0.300. The molecule has 1 amide bonds. The number of amides is 1. The lowest BCUT2D eigenvalue weighted by molar-refractivity contribution is -0.119. The number of fused-ring (bicyclic) bond motifs is 1. The number of carbonyl (C=O) groups is 2. The molecule has 0 unspecified atom stereocenters. The third-order valence-electron chi connectivity index (χ3n) is 4.82. The maximum absolute atomic E-state index is 12.3. The Hall–Kier alpha value is -2.13. The van der Waals surface area contributed by atoms with Crippen molar-refractivity contribution in [3.8, 4) is 11.1 Å². The zero-order chi connectivity index (χ0) is 17.6. The Kier molecular flexibility index (Phi) is 4.00. The highest BCUT2D eigenvalue weighted by molar-refractivity contribution is 6.33. The quantitative estimate of drug-likeness (QED) is 0.738. The molecule has 1 aliphatic rings. The summed E-state index contributed by atoms with van der Waals surface area (Å²) in [5.41, 5.74) is 5.28. The second-order valence-electron chi connectivity index (χ2n) is 7.05. The highest BCUT2D eigenvalue weighted by Gasteiger charge is 2.35. The summed E-state index contributed by atoms with van der Waals surface area (Å²) in [7, 11) is 1.80. The minimum Gasteiger partial charge on any atom is -0.315 e. The van der Waals surface area contributed by atoms with E-state index in [2.05, 4.69) is 19.9 Å². The van der Waals surface area contributed by atoms with Crippen LogP contribution in [0.1, 0.15) is 41.8 Å². The molecular weight excluding hydrogens is 322 g/mol. The first-order valence-electron chi connectivity index (χ1n) is 7.91. The normalized spacial score (nSPS) is 16.0. The lowest BCUT2D eigenvalue weighted by Gasteiger charge is -2.37. The van der Waals surface area contributed by atoms with Gasteiger partial charge in [-0.1, -0.05) is 37.6 Å². The topological polar surface area (TPSA) is 37.4 Å². The van der Waals surface area contributed by atoms with Gasteiger partial charge in [0.25, 0.3) is 0 Å². The van der Waals surface area contributed by atoms with E-state index in [9.17, 15) is 9.59 Å². The zero-order valence-electron chi connectivity index (χ0n) is 14.3. The molecule has 0 saturated heterocycles. The lowest BCUT2D eigenvalue weighted by Crippen LogP contribution is -2.39. The van der Waals surface area contributed by atoms with E-state index in [0.29, 0.717) is 17.0 Å². The van der Waals surface area contributed by atoms with Gasteiger partial charge in [0, 0.05) is 40.7 Å². The molecule has 0 saturated carbocycles. The van der Waals surface area contributed by atoms with Crippen molar-refractivity contribution in [3.05, 3.63) is 52.0 Å². The molecule has 0 fully saturated rings. The molecule has 24 heavy (non-hydrogen) atoms. The third-order valence-corrected chi connectivity index (χ3v) is 5.15. The minimum absolute atomic E-state index is 0.107. The number of nitrogens with zero attached hydrogens (tertiary/aromatic N) is 1. The Labute approximate surface area is 147 Å². The van der Waals surface area contributed by atoms with Crippen LogP contribution in [0.3, 0.4) is 0 Å². The van der Waals surface area contributed by atoms with Crippen LogP contribution in [0.2, 0.25) is 5.02 Å². The molecule has 0 aliphatic carbocycles. The summed E-state index contributed by atoms with van der Waals surface area (Å²) in [6.07, 6.45) is 1.31. The van der Waals surface area contributed by atoms with Crippen molar-refractivity contribution >= 4 is 29.5 Å². The lowest BCUT2D eigenvalue weighted by atomic mass is 9.76. The van der Waals surface area contributed by atoms with Gasteiger partial charge in [0.05, 0.1) is 0 Å². The van der Waals surface area contributed by atoms with Gasteiger partial charge in [0.15, 0.2) is 0 Å². The Morgan fingerprint density at radius 1 is 1.17 bits per heavy atom. The molecule has 0 bridgehead atoms. The van der Waals surface area contributed by atoms with Crippen molar-refractivity contribution in [2.24, 2.45) is 0 Å². The maximum Gasteiger partial charge on any atom is 0.227 e. The summed E-state index contributed by atoms with van der Waals surface area (Å²) in [5, 5.41) is 0.590. The molecule has 2 aromatic carbocycles. The van der Waals surface area contributed by atoms with Gasteiger partial charge in [-0.05, 0) is 41.8 Å². The van der Waals surface area contributed by atoms with Gasteiger partial charge in [0.2, 0.25) is 5.91 Å². The van der Waals surface area contributed by atoms with E-state index in [-0.39, 0.29) is 11.3 Å². The molecular formula is C20H20ClNO2. The van der Waals surface area contributed by atoms with E-state index >= 15 is 0 Å². The number of rotatable bonds is 2. The molecule has 1 aliphatic heterocycles. The van der Waals surface area contributed by atoms with E-state index in [1.165, 1.54) is 0 Å². The smallest absolute Gasteiger partial charge is 0.227 e. The van der Waals surface area contributed by atoms with Crippen LogP contribution in [0.15, 0.2) is 30.3 Å². The van der Waals surface area contributed by atoms with Crippen LogP contribution in [-0.2, 0) is 10.2 Å². The van der Waals surface area contributed by atoms with Crippen LogP contribution in [0.4, 0.5) is 5.69 Å². The molecule has 4 heteroatoms. The van der Waals surface area contributed by atoms with Crippen LogP contribution in [-0.4, -0.2) is 19.2 Å². The summed E-state index contributed by atoms with van der Waals surface area (Å²) < 4.78 is 0. The number of carbonyl (C=O) groups excluding carboxylic acids is 2. The monoisotopic (exact) mass is 341 g/mol. The predicted molar refractivity (Wildman–Crippen MR) is 98.1 cm³/mol. The number of benzene rings is 2. The highest BCUT2D eigenvalue weighted by atomic mass is 35.5. The molecule has 0 radical (unpaired) electrons. The largest absolute Gasteiger partial charge is 0.315 e. The molecule has 0 spiro atoms. The molecule has 3 rings (SSSR count). The second kappa shape index (κ2) is 5.75. The average molecular weight is 342 g/mol. The molecule has 0 aromatic heterocycles. The summed E-state index contributed by atoms with van der Waals surface area (Å²) in [5.74, 6) is 0.107. The minimum atomic E-state index is -0.198. The van der Waals surface area contributed by atoms with Crippen molar-refractivity contribution in [3.63, 3.8) is 0 Å². The number of aldehydes is 1. The van der Waals surface area contributed by atoms with Gasteiger partial charge in [-0.25, -0.2) is 0 Å². The highest BCUT2D eigenvalue weighted by Crippen LogP contribution is 2.43. The van der Waals surface area contributed by atoms with E-state index in [0.717, 1.165) is 34.2 Å². The third kappa shape index (κ3) is 2.63. The molecule has 3 nitrogen and oxygen atoms in total. The van der Waals surface area contributed by atoms with E-state index < -0.39 is 0 Å². The average Bonchev–Trinajstić information content (AvgIpc) is 2.53. The molecule has 0 atom stereocenters. The first-order valence-corrected chi connectivity index (χ1v) is 8.29. The fourth-order valence-electron chi connectivity index (χ4n) is 3.36. The molecule has 0 N–H and O–H groups in total. The van der Waals surface area contributed by atoms with Crippen LogP contribution in [0, 0.1) is 6.92 Å². The zero-order valence-corrected chi connectivity index (χ0v) is 15.1. The van der Waals surface area contributed by atoms with Crippen molar-refractivity contribution in [2.75, 3.05) is 11.9 Å².